The number of tetrazole rings is 1. The lowest BCUT2D eigenvalue weighted by Gasteiger charge is -2.10. The molecule has 1 rings (SSSR count). The number of hydrogen-bond donors (Lipinski definition) is 3. The van der Waals surface area contributed by atoms with Crippen LogP contribution >= 0.6 is 0 Å². The van der Waals surface area contributed by atoms with Crippen molar-refractivity contribution in [2.75, 3.05) is 13.7 Å². The van der Waals surface area contributed by atoms with Gasteiger partial charge in [-0.2, -0.15) is 5.21 Å². The maximum absolute atomic E-state index is 11.4. The summed E-state index contributed by atoms with van der Waals surface area (Å²) in [6, 6.07) is -0.572. The number of carbonyl (C=O) groups excluding carboxylic acids is 1. The summed E-state index contributed by atoms with van der Waals surface area (Å²) in [7, 11) is 1.56. The summed E-state index contributed by atoms with van der Waals surface area (Å²) < 4.78 is 4.81. The largest absolute Gasteiger partial charge is 0.385 e. The molecular weight excluding hydrogens is 200 g/mol. The van der Waals surface area contributed by atoms with E-state index >= 15 is 0 Å². The number of hydrogen-bond acceptors (Lipinski definition) is 6. The van der Waals surface area contributed by atoms with Gasteiger partial charge in [-0.25, -0.2) is 0 Å². The first-order valence-corrected chi connectivity index (χ1v) is 4.48. The number of aromatic nitrogens is 4. The fourth-order valence-electron chi connectivity index (χ4n) is 0.931. The van der Waals surface area contributed by atoms with Crippen molar-refractivity contribution >= 4 is 5.91 Å². The number of nitrogens with two attached hydrogens (primary N) is 1. The van der Waals surface area contributed by atoms with E-state index in [-0.39, 0.29) is 12.5 Å². The summed E-state index contributed by atoms with van der Waals surface area (Å²) in [6.07, 6.45) is 0.481. The van der Waals surface area contributed by atoms with Crippen molar-refractivity contribution in [2.24, 2.45) is 5.73 Å². The molecule has 1 unspecified atom stereocenters. The Balaban J connectivity index is 2.23. The van der Waals surface area contributed by atoms with E-state index < -0.39 is 6.04 Å². The van der Waals surface area contributed by atoms with Gasteiger partial charge in [0.05, 0.1) is 12.6 Å². The molecular formula is C7H14N6O2. The van der Waals surface area contributed by atoms with Crippen LogP contribution in [0.3, 0.4) is 0 Å². The highest BCUT2D eigenvalue weighted by molar-refractivity contribution is 5.81. The molecule has 1 aromatic rings. The highest BCUT2D eigenvalue weighted by Crippen LogP contribution is 1.90. The average molecular weight is 214 g/mol. The quantitative estimate of drug-likeness (QED) is 0.513. The lowest BCUT2D eigenvalue weighted by Crippen LogP contribution is -2.41. The Bertz CT molecular complexity index is 288. The van der Waals surface area contributed by atoms with E-state index in [1.54, 1.807) is 7.11 Å². The molecule has 0 radical (unpaired) electrons. The number of amides is 1. The maximum atomic E-state index is 11.4. The van der Waals surface area contributed by atoms with Gasteiger partial charge in [-0.15, -0.1) is 10.2 Å². The number of rotatable bonds is 6. The molecule has 8 heteroatoms. The van der Waals surface area contributed by atoms with Gasteiger partial charge in [0.25, 0.3) is 0 Å². The van der Waals surface area contributed by atoms with Gasteiger partial charge in [-0.05, 0) is 6.42 Å². The first-order chi connectivity index (χ1) is 7.24. The van der Waals surface area contributed by atoms with Crippen LogP contribution in [0.15, 0.2) is 0 Å². The van der Waals surface area contributed by atoms with Crippen molar-refractivity contribution in [3.63, 3.8) is 0 Å². The molecule has 84 valence electrons. The van der Waals surface area contributed by atoms with Crippen LogP contribution in [-0.4, -0.2) is 46.3 Å². The van der Waals surface area contributed by atoms with Crippen LogP contribution in [0.4, 0.5) is 0 Å². The van der Waals surface area contributed by atoms with Crippen molar-refractivity contribution < 1.29 is 9.53 Å². The molecule has 0 saturated carbocycles. The number of carbonyl (C=O) groups is 1. The molecule has 1 aromatic heterocycles. The number of aromatic amines is 1. The Morgan fingerprint density at radius 1 is 1.73 bits per heavy atom. The van der Waals surface area contributed by atoms with Gasteiger partial charge >= 0.3 is 0 Å². The molecule has 1 atom stereocenters. The SMILES string of the molecule is COCCC(N)C(=O)NCc1nn[nH]n1. The lowest BCUT2D eigenvalue weighted by atomic mass is 10.2. The van der Waals surface area contributed by atoms with Crippen molar-refractivity contribution in [2.45, 2.75) is 19.0 Å². The normalized spacial score (nSPS) is 12.4. The highest BCUT2D eigenvalue weighted by Gasteiger charge is 2.12. The molecule has 0 aliphatic carbocycles. The zero-order valence-corrected chi connectivity index (χ0v) is 8.43. The van der Waals surface area contributed by atoms with E-state index in [9.17, 15) is 4.79 Å². The summed E-state index contributed by atoms with van der Waals surface area (Å²) in [4.78, 5) is 11.4. The van der Waals surface area contributed by atoms with Gasteiger partial charge in [0, 0.05) is 13.7 Å². The lowest BCUT2D eigenvalue weighted by molar-refractivity contribution is -0.122. The maximum Gasteiger partial charge on any atom is 0.237 e. The zero-order chi connectivity index (χ0) is 11.1. The number of ether oxygens (including phenoxy) is 1. The average Bonchev–Trinajstić information content (AvgIpc) is 2.75. The Labute approximate surface area is 86.6 Å². The van der Waals surface area contributed by atoms with Gasteiger partial charge in [-0.3, -0.25) is 4.79 Å². The first kappa shape index (κ1) is 11.5. The second-order valence-corrected chi connectivity index (χ2v) is 2.93. The van der Waals surface area contributed by atoms with Crippen molar-refractivity contribution in [3.05, 3.63) is 5.82 Å². The summed E-state index contributed by atoms with van der Waals surface area (Å²) in [5.74, 6) is 0.166. The van der Waals surface area contributed by atoms with Crippen LogP contribution in [0.25, 0.3) is 0 Å². The van der Waals surface area contributed by atoms with Crippen LogP contribution in [0, 0.1) is 0 Å². The minimum Gasteiger partial charge on any atom is -0.385 e. The van der Waals surface area contributed by atoms with E-state index in [1.165, 1.54) is 0 Å². The predicted octanol–water partition coefficient (Wildman–Crippen LogP) is -1.82. The molecule has 0 aliphatic rings. The third kappa shape index (κ3) is 4.00. The molecule has 0 spiro atoms. The zero-order valence-electron chi connectivity index (χ0n) is 8.43. The Morgan fingerprint density at radius 3 is 3.13 bits per heavy atom. The molecule has 15 heavy (non-hydrogen) atoms. The van der Waals surface area contributed by atoms with Gasteiger partial charge in [0.15, 0.2) is 5.82 Å². The van der Waals surface area contributed by atoms with Gasteiger partial charge < -0.3 is 15.8 Å². The van der Waals surface area contributed by atoms with Gasteiger partial charge in [-0.1, -0.05) is 5.21 Å². The second kappa shape index (κ2) is 6.04. The van der Waals surface area contributed by atoms with Gasteiger partial charge in [0.2, 0.25) is 5.91 Å². The molecule has 1 heterocycles. The molecule has 0 bridgehead atoms. The third-order valence-electron chi connectivity index (χ3n) is 1.78. The van der Waals surface area contributed by atoms with Crippen LogP contribution in [0.5, 0.6) is 0 Å². The van der Waals surface area contributed by atoms with Crippen LogP contribution in [0.2, 0.25) is 0 Å². The fraction of sp³-hybridized carbons (Fsp3) is 0.714. The summed E-state index contributed by atoms with van der Waals surface area (Å²) in [6.45, 7) is 0.673. The van der Waals surface area contributed by atoms with E-state index in [0.717, 1.165) is 0 Å². The molecule has 0 aromatic carbocycles. The smallest absolute Gasteiger partial charge is 0.237 e. The second-order valence-electron chi connectivity index (χ2n) is 2.93. The van der Waals surface area contributed by atoms with E-state index in [2.05, 4.69) is 25.9 Å². The molecule has 0 fully saturated rings. The monoisotopic (exact) mass is 214 g/mol. The number of nitrogens with zero attached hydrogens (tertiary/aromatic N) is 3. The highest BCUT2D eigenvalue weighted by atomic mass is 16.5. The van der Waals surface area contributed by atoms with Crippen molar-refractivity contribution in [1.82, 2.24) is 25.9 Å². The minimum atomic E-state index is -0.572. The molecule has 4 N–H and O–H groups in total. The molecule has 8 nitrogen and oxygen atoms in total. The number of nitrogens with one attached hydrogen (secondary N) is 2. The van der Waals surface area contributed by atoms with Crippen LogP contribution < -0.4 is 11.1 Å². The number of H-pyrrole nitrogens is 1. The van der Waals surface area contributed by atoms with Crippen LogP contribution in [-0.2, 0) is 16.1 Å². The van der Waals surface area contributed by atoms with Gasteiger partial charge in [0.1, 0.15) is 0 Å². The summed E-state index contributed by atoms with van der Waals surface area (Å²) >= 11 is 0. The van der Waals surface area contributed by atoms with E-state index in [4.69, 9.17) is 10.5 Å². The minimum absolute atomic E-state index is 0.218. The predicted molar refractivity (Wildman–Crippen MR) is 50.5 cm³/mol. The molecule has 0 saturated heterocycles. The summed E-state index contributed by atoms with van der Waals surface area (Å²) in [5, 5.41) is 15.6. The molecule has 1 amide bonds. The van der Waals surface area contributed by atoms with E-state index in [1.807, 2.05) is 0 Å². The molecule has 0 aliphatic heterocycles. The fourth-order valence-corrected chi connectivity index (χ4v) is 0.931. The third-order valence-corrected chi connectivity index (χ3v) is 1.78. The van der Waals surface area contributed by atoms with Crippen molar-refractivity contribution in [1.29, 1.82) is 0 Å². The van der Waals surface area contributed by atoms with Crippen LogP contribution in [0.1, 0.15) is 12.2 Å². The standard InChI is InChI=1S/C7H14N6O2/c1-15-3-2-5(8)7(14)9-4-6-10-12-13-11-6/h5H,2-4,8H2,1H3,(H,9,14)(H,10,11,12,13). The Hall–Kier alpha value is -1.54. The van der Waals surface area contributed by atoms with Crippen molar-refractivity contribution in [3.8, 4) is 0 Å². The number of methoxy groups -OCH3 is 1. The first-order valence-electron chi connectivity index (χ1n) is 4.48. The topological polar surface area (TPSA) is 119 Å². The van der Waals surface area contributed by atoms with E-state index in [0.29, 0.717) is 18.9 Å². The summed E-state index contributed by atoms with van der Waals surface area (Å²) in [5.41, 5.74) is 5.59. The Kier molecular flexibility index (Phi) is 4.64. The Morgan fingerprint density at radius 2 is 2.53 bits per heavy atom.